The first-order valence-corrected chi connectivity index (χ1v) is 14.0. The first kappa shape index (κ1) is 28.5. The fourth-order valence-corrected chi connectivity index (χ4v) is 5.19. The molecule has 2 aromatic carbocycles. The number of amides is 4. The van der Waals surface area contributed by atoms with Crippen LogP contribution in [-0.2, 0) is 6.18 Å². The Morgan fingerprint density at radius 3 is 2.41 bits per heavy atom. The molecule has 2 aliphatic rings. The molecule has 5 rings (SSSR count). The molecular formula is C27H29F3N6O4S. The topological polar surface area (TPSA) is 119 Å². The average molecular weight is 591 g/mol. The Bertz CT molecular complexity index is 1370. The number of urea groups is 2. The highest BCUT2D eigenvalue weighted by atomic mass is 32.1. The van der Waals surface area contributed by atoms with Gasteiger partial charge in [0.2, 0.25) is 0 Å². The molecule has 4 amide bonds. The van der Waals surface area contributed by atoms with E-state index >= 15 is 0 Å². The number of aliphatic hydroxyl groups is 1. The number of halogens is 3. The van der Waals surface area contributed by atoms with Crippen molar-refractivity contribution >= 4 is 45.6 Å². The number of carbonyl (C=O) groups is 2. The standard InChI is InChI=1S/C27H29F3N6O4S/c28-27(29,30)21-15-20(40-14-13-37)7-8-22(21)33-26(39)36-11-9-35(10-12-36)19-5-3-18(4-6-19)31-24(38)34-25-32-23(16-41-25)17-1-2-17/h3-8,15-17,37H,1-2,9-14H2,(H,33,39)(H2,31,32,34,38). The van der Waals surface area contributed by atoms with Crippen LogP contribution < -0.4 is 25.6 Å². The Morgan fingerprint density at radius 2 is 1.76 bits per heavy atom. The maximum absolute atomic E-state index is 13.6. The number of hydrogen-bond acceptors (Lipinski definition) is 7. The van der Waals surface area contributed by atoms with Gasteiger partial charge in [-0.15, -0.1) is 11.3 Å². The predicted molar refractivity (Wildman–Crippen MR) is 150 cm³/mol. The number of alkyl halides is 3. The summed E-state index contributed by atoms with van der Waals surface area (Å²) in [5.41, 5.74) is 1.13. The minimum Gasteiger partial charge on any atom is -0.491 e. The molecule has 1 saturated carbocycles. The van der Waals surface area contributed by atoms with Crippen LogP contribution in [-0.4, -0.2) is 66.4 Å². The minimum absolute atomic E-state index is 0.0539. The fourth-order valence-electron chi connectivity index (χ4n) is 4.41. The van der Waals surface area contributed by atoms with Gasteiger partial charge in [0, 0.05) is 48.9 Å². The molecule has 0 spiro atoms. The maximum Gasteiger partial charge on any atom is 0.418 e. The third-order valence-corrected chi connectivity index (χ3v) is 7.47. The van der Waals surface area contributed by atoms with Crippen molar-refractivity contribution in [3.05, 3.63) is 59.1 Å². The lowest BCUT2D eigenvalue weighted by atomic mass is 10.1. The van der Waals surface area contributed by atoms with Crippen molar-refractivity contribution in [3.8, 4) is 5.75 Å². The molecule has 218 valence electrons. The van der Waals surface area contributed by atoms with Crippen molar-refractivity contribution in [1.29, 1.82) is 0 Å². The van der Waals surface area contributed by atoms with Gasteiger partial charge in [-0.25, -0.2) is 14.6 Å². The summed E-state index contributed by atoms with van der Waals surface area (Å²) in [5.74, 6) is 0.467. The molecule has 1 aliphatic carbocycles. The number of nitrogens with one attached hydrogen (secondary N) is 3. The number of thiazole rings is 1. The maximum atomic E-state index is 13.6. The lowest BCUT2D eigenvalue weighted by Crippen LogP contribution is -2.50. The van der Waals surface area contributed by atoms with Crippen LogP contribution in [0.4, 0.5) is 45.0 Å². The van der Waals surface area contributed by atoms with E-state index < -0.39 is 17.8 Å². The Hall–Kier alpha value is -4.04. The van der Waals surface area contributed by atoms with E-state index in [0.717, 1.165) is 36.4 Å². The molecule has 1 aromatic heterocycles. The number of ether oxygens (including phenoxy) is 1. The molecule has 3 aromatic rings. The van der Waals surface area contributed by atoms with Crippen molar-refractivity contribution < 1.29 is 32.6 Å². The molecule has 14 heteroatoms. The predicted octanol–water partition coefficient (Wildman–Crippen LogP) is 5.41. The van der Waals surface area contributed by atoms with E-state index in [1.54, 1.807) is 12.1 Å². The molecule has 0 unspecified atom stereocenters. The zero-order valence-corrected chi connectivity index (χ0v) is 22.7. The number of rotatable bonds is 8. The highest BCUT2D eigenvalue weighted by Gasteiger charge is 2.35. The summed E-state index contributed by atoms with van der Waals surface area (Å²) in [5, 5.41) is 19.3. The molecule has 0 atom stereocenters. The lowest BCUT2D eigenvalue weighted by molar-refractivity contribution is -0.137. The Kier molecular flexibility index (Phi) is 8.49. The molecule has 2 fully saturated rings. The summed E-state index contributed by atoms with van der Waals surface area (Å²) in [6.07, 6.45) is -2.42. The Labute approximate surface area is 238 Å². The Balaban J connectivity index is 1.11. The smallest absolute Gasteiger partial charge is 0.418 e. The van der Waals surface area contributed by atoms with E-state index in [2.05, 4.69) is 25.8 Å². The summed E-state index contributed by atoms with van der Waals surface area (Å²) in [7, 11) is 0. The molecule has 0 bridgehead atoms. The van der Waals surface area contributed by atoms with E-state index in [0.29, 0.717) is 42.9 Å². The van der Waals surface area contributed by atoms with Gasteiger partial charge >= 0.3 is 18.2 Å². The number of nitrogens with zero attached hydrogens (tertiary/aromatic N) is 3. The van der Waals surface area contributed by atoms with Crippen molar-refractivity contribution in [2.24, 2.45) is 0 Å². The number of piperazine rings is 1. The second-order valence-corrected chi connectivity index (χ2v) is 10.5. The zero-order valence-electron chi connectivity index (χ0n) is 21.9. The molecule has 1 aliphatic heterocycles. The minimum atomic E-state index is -4.71. The Morgan fingerprint density at radius 1 is 1.02 bits per heavy atom. The molecular weight excluding hydrogens is 561 g/mol. The molecule has 10 nitrogen and oxygen atoms in total. The van der Waals surface area contributed by atoms with Gasteiger partial charge in [-0.2, -0.15) is 13.2 Å². The molecule has 41 heavy (non-hydrogen) atoms. The van der Waals surface area contributed by atoms with Crippen molar-refractivity contribution in [3.63, 3.8) is 0 Å². The first-order chi connectivity index (χ1) is 19.7. The number of anilines is 4. The van der Waals surface area contributed by atoms with Crippen LogP contribution in [0.2, 0.25) is 0 Å². The van der Waals surface area contributed by atoms with E-state index in [9.17, 15) is 22.8 Å². The van der Waals surface area contributed by atoms with Crippen LogP contribution in [0, 0.1) is 0 Å². The van der Waals surface area contributed by atoms with Crippen LogP contribution in [0.25, 0.3) is 0 Å². The second kappa shape index (κ2) is 12.2. The summed E-state index contributed by atoms with van der Waals surface area (Å²) in [4.78, 5) is 33.1. The van der Waals surface area contributed by atoms with Gasteiger partial charge in [0.15, 0.2) is 5.13 Å². The SMILES string of the molecule is O=C(Nc1ccc(N2CCN(C(=O)Nc3ccc(OCCO)cc3C(F)(F)F)CC2)cc1)Nc1nc(C2CC2)cs1. The molecule has 0 radical (unpaired) electrons. The quantitative estimate of drug-likeness (QED) is 0.279. The van der Waals surface area contributed by atoms with E-state index in [-0.39, 0.29) is 30.7 Å². The second-order valence-electron chi connectivity index (χ2n) is 9.66. The summed E-state index contributed by atoms with van der Waals surface area (Å²) in [6.45, 7) is 1.10. The number of aromatic nitrogens is 1. The van der Waals surface area contributed by atoms with Gasteiger partial charge in [0.25, 0.3) is 0 Å². The fraction of sp³-hybridized carbons (Fsp3) is 0.370. The highest BCUT2D eigenvalue weighted by molar-refractivity contribution is 7.14. The van der Waals surface area contributed by atoms with Gasteiger partial charge in [-0.05, 0) is 55.3 Å². The van der Waals surface area contributed by atoms with Crippen LogP contribution in [0.15, 0.2) is 47.8 Å². The van der Waals surface area contributed by atoms with E-state index in [1.165, 1.54) is 22.3 Å². The van der Waals surface area contributed by atoms with Gasteiger partial charge in [-0.1, -0.05) is 0 Å². The van der Waals surface area contributed by atoms with Crippen molar-refractivity contribution in [2.75, 3.05) is 60.2 Å². The van der Waals surface area contributed by atoms with Crippen LogP contribution in [0.5, 0.6) is 5.75 Å². The average Bonchev–Trinajstić information content (AvgIpc) is 3.71. The van der Waals surface area contributed by atoms with Gasteiger partial charge in [0.1, 0.15) is 12.4 Å². The zero-order chi connectivity index (χ0) is 29.0. The summed E-state index contributed by atoms with van der Waals surface area (Å²) in [6, 6.07) is 9.51. The number of carbonyl (C=O) groups excluding carboxylic acids is 2. The van der Waals surface area contributed by atoms with Crippen LogP contribution >= 0.6 is 11.3 Å². The lowest BCUT2D eigenvalue weighted by Gasteiger charge is -2.36. The van der Waals surface area contributed by atoms with E-state index in [4.69, 9.17) is 9.84 Å². The number of aliphatic hydroxyl groups excluding tert-OH is 1. The molecule has 2 heterocycles. The van der Waals surface area contributed by atoms with Crippen LogP contribution in [0.1, 0.15) is 30.0 Å². The van der Waals surface area contributed by atoms with Crippen molar-refractivity contribution in [1.82, 2.24) is 9.88 Å². The monoisotopic (exact) mass is 590 g/mol. The highest BCUT2D eigenvalue weighted by Crippen LogP contribution is 2.41. The molecule has 4 N–H and O–H groups in total. The third-order valence-electron chi connectivity index (χ3n) is 6.69. The van der Waals surface area contributed by atoms with Gasteiger partial charge in [0.05, 0.1) is 23.6 Å². The third kappa shape index (κ3) is 7.38. The van der Waals surface area contributed by atoms with Crippen LogP contribution in [0.3, 0.4) is 0 Å². The number of benzene rings is 2. The van der Waals surface area contributed by atoms with E-state index in [1.807, 2.05) is 17.5 Å². The first-order valence-electron chi connectivity index (χ1n) is 13.1. The van der Waals surface area contributed by atoms with Gasteiger partial charge < -0.3 is 30.3 Å². The number of hydrogen-bond donors (Lipinski definition) is 4. The summed E-state index contributed by atoms with van der Waals surface area (Å²) < 4.78 is 45.9. The van der Waals surface area contributed by atoms with Crippen molar-refractivity contribution in [2.45, 2.75) is 24.9 Å². The molecule has 1 saturated heterocycles. The van der Waals surface area contributed by atoms with Gasteiger partial charge in [-0.3, -0.25) is 5.32 Å². The largest absolute Gasteiger partial charge is 0.491 e. The normalized spacial score (nSPS) is 15.4. The summed E-state index contributed by atoms with van der Waals surface area (Å²) >= 11 is 1.40.